The molecule has 2 saturated heterocycles. The molecule has 1 aromatic carbocycles. The molecule has 6 heteroatoms. The fourth-order valence-electron chi connectivity index (χ4n) is 3.35. The molecule has 0 atom stereocenters. The first-order chi connectivity index (χ1) is 11.7. The van der Waals surface area contributed by atoms with E-state index in [9.17, 15) is 0 Å². The summed E-state index contributed by atoms with van der Waals surface area (Å²) in [6.07, 6.45) is 2.43. The minimum absolute atomic E-state index is 0. The van der Waals surface area contributed by atoms with Crippen LogP contribution in [0.15, 0.2) is 29.3 Å². The monoisotopic (exact) mass is 458 g/mol. The van der Waals surface area contributed by atoms with Crippen molar-refractivity contribution in [2.24, 2.45) is 16.6 Å². The van der Waals surface area contributed by atoms with Crippen LogP contribution in [0.5, 0.6) is 0 Å². The van der Waals surface area contributed by atoms with Crippen molar-refractivity contribution in [2.75, 3.05) is 39.4 Å². The molecule has 2 aliphatic rings. The van der Waals surface area contributed by atoms with Gasteiger partial charge in [-0.3, -0.25) is 4.90 Å². The number of guanidine groups is 1. The van der Waals surface area contributed by atoms with E-state index in [-0.39, 0.29) is 24.0 Å². The number of nitrogens with two attached hydrogens (primary N) is 1. The Morgan fingerprint density at radius 1 is 1.16 bits per heavy atom. The van der Waals surface area contributed by atoms with Crippen molar-refractivity contribution in [3.8, 4) is 0 Å². The van der Waals surface area contributed by atoms with Gasteiger partial charge in [0, 0.05) is 32.7 Å². The highest BCUT2D eigenvalue weighted by atomic mass is 127. The van der Waals surface area contributed by atoms with E-state index in [1.54, 1.807) is 0 Å². The molecule has 3 rings (SSSR count). The average Bonchev–Trinajstić information content (AvgIpc) is 2.61. The van der Waals surface area contributed by atoms with Gasteiger partial charge in [0.25, 0.3) is 0 Å². The molecule has 2 N–H and O–H groups in total. The van der Waals surface area contributed by atoms with Crippen LogP contribution in [-0.4, -0.2) is 55.2 Å². The number of aliphatic imine (C=N–C) groups is 1. The summed E-state index contributed by atoms with van der Waals surface area (Å²) in [4.78, 5) is 9.28. The summed E-state index contributed by atoms with van der Waals surface area (Å²) in [5, 5.41) is 0. The number of piperidine rings is 1. The summed E-state index contributed by atoms with van der Waals surface area (Å²) in [6.45, 7) is 9.75. The third kappa shape index (κ3) is 6.42. The first-order valence-electron chi connectivity index (χ1n) is 9.13. The van der Waals surface area contributed by atoms with Crippen molar-refractivity contribution in [1.82, 2.24) is 9.80 Å². The van der Waals surface area contributed by atoms with Crippen molar-refractivity contribution >= 4 is 29.9 Å². The van der Waals surface area contributed by atoms with Gasteiger partial charge < -0.3 is 15.4 Å². The van der Waals surface area contributed by atoms with Crippen LogP contribution >= 0.6 is 24.0 Å². The molecule has 2 fully saturated rings. The molecule has 0 aliphatic carbocycles. The topological polar surface area (TPSA) is 54.1 Å². The van der Waals surface area contributed by atoms with Gasteiger partial charge in [-0.15, -0.1) is 24.0 Å². The van der Waals surface area contributed by atoms with Crippen LogP contribution in [0.25, 0.3) is 0 Å². The van der Waals surface area contributed by atoms with E-state index in [2.05, 4.69) is 46.0 Å². The third-order valence-electron chi connectivity index (χ3n) is 5.03. The van der Waals surface area contributed by atoms with Crippen LogP contribution in [0.2, 0.25) is 0 Å². The summed E-state index contributed by atoms with van der Waals surface area (Å²) < 4.78 is 5.41. The number of halogens is 1. The molecule has 2 aliphatic heterocycles. The van der Waals surface area contributed by atoms with Gasteiger partial charge in [0.2, 0.25) is 0 Å². The van der Waals surface area contributed by atoms with E-state index in [0.29, 0.717) is 12.5 Å². The molecular formula is C19H31IN4O. The average molecular weight is 458 g/mol. The lowest BCUT2D eigenvalue weighted by Crippen LogP contribution is -2.42. The molecule has 0 aromatic heterocycles. The Morgan fingerprint density at radius 3 is 2.56 bits per heavy atom. The largest absolute Gasteiger partial charge is 0.379 e. The van der Waals surface area contributed by atoms with Gasteiger partial charge >= 0.3 is 0 Å². The second-order valence-corrected chi connectivity index (χ2v) is 7.05. The lowest BCUT2D eigenvalue weighted by Gasteiger charge is -2.31. The number of rotatable bonds is 4. The number of benzene rings is 1. The second-order valence-electron chi connectivity index (χ2n) is 7.05. The highest BCUT2D eigenvalue weighted by Crippen LogP contribution is 2.16. The first-order valence-corrected chi connectivity index (χ1v) is 9.13. The number of likely N-dealkylation sites (tertiary alicyclic amines) is 1. The van der Waals surface area contributed by atoms with Crippen molar-refractivity contribution in [2.45, 2.75) is 32.9 Å². The van der Waals surface area contributed by atoms with E-state index >= 15 is 0 Å². The van der Waals surface area contributed by atoms with Gasteiger partial charge in [-0.1, -0.05) is 31.2 Å². The zero-order valence-corrected chi connectivity index (χ0v) is 17.5. The molecule has 140 valence electrons. The van der Waals surface area contributed by atoms with E-state index in [1.165, 1.54) is 24.0 Å². The molecule has 5 nitrogen and oxygen atoms in total. The molecular weight excluding hydrogens is 427 g/mol. The fourth-order valence-corrected chi connectivity index (χ4v) is 3.35. The van der Waals surface area contributed by atoms with E-state index in [0.717, 1.165) is 51.9 Å². The standard InChI is InChI=1S/C19H30N4O.HI/c1-16-5-7-23(8-6-16)19(20)21-14-17-3-2-4-18(13-17)15-22-9-11-24-12-10-22;/h2-4,13,16H,5-12,14-15H2,1H3,(H2,20,21);1H. The summed E-state index contributed by atoms with van der Waals surface area (Å²) in [6, 6.07) is 8.71. The number of hydrogen-bond donors (Lipinski definition) is 1. The van der Waals surface area contributed by atoms with Crippen LogP contribution < -0.4 is 5.73 Å². The Kier molecular flexibility index (Phi) is 8.45. The van der Waals surface area contributed by atoms with Crippen molar-refractivity contribution in [1.29, 1.82) is 0 Å². The molecule has 0 bridgehead atoms. The third-order valence-corrected chi connectivity index (χ3v) is 5.03. The Balaban J connectivity index is 0.00000225. The Bertz CT molecular complexity index is 552. The zero-order valence-electron chi connectivity index (χ0n) is 15.2. The van der Waals surface area contributed by atoms with Crippen molar-refractivity contribution < 1.29 is 4.74 Å². The van der Waals surface area contributed by atoms with Crippen LogP contribution in [0, 0.1) is 5.92 Å². The summed E-state index contributed by atoms with van der Waals surface area (Å²) >= 11 is 0. The van der Waals surface area contributed by atoms with Crippen LogP contribution in [0.1, 0.15) is 30.9 Å². The van der Waals surface area contributed by atoms with Gasteiger partial charge in [-0.25, -0.2) is 4.99 Å². The maximum atomic E-state index is 6.18. The lowest BCUT2D eigenvalue weighted by atomic mass is 10.00. The maximum Gasteiger partial charge on any atom is 0.191 e. The Labute approximate surface area is 168 Å². The van der Waals surface area contributed by atoms with Gasteiger partial charge in [0.1, 0.15) is 0 Å². The SMILES string of the molecule is CC1CCN(C(N)=NCc2cccc(CN3CCOCC3)c2)CC1.I. The van der Waals surface area contributed by atoms with Gasteiger partial charge in [0.15, 0.2) is 5.96 Å². The number of morpholine rings is 1. The molecule has 0 unspecified atom stereocenters. The summed E-state index contributed by atoms with van der Waals surface area (Å²) in [5.74, 6) is 1.51. The quantitative estimate of drug-likeness (QED) is 0.429. The van der Waals surface area contributed by atoms with E-state index in [1.807, 2.05) is 0 Å². The molecule has 0 saturated carbocycles. The molecule has 2 heterocycles. The smallest absolute Gasteiger partial charge is 0.191 e. The van der Waals surface area contributed by atoms with E-state index < -0.39 is 0 Å². The summed E-state index contributed by atoms with van der Waals surface area (Å²) in [7, 11) is 0. The zero-order chi connectivity index (χ0) is 16.8. The second kappa shape index (κ2) is 10.3. The van der Waals surface area contributed by atoms with Crippen molar-refractivity contribution in [3.05, 3.63) is 35.4 Å². The predicted octanol–water partition coefficient (Wildman–Crippen LogP) is 2.68. The van der Waals surface area contributed by atoms with Gasteiger partial charge in [0.05, 0.1) is 19.8 Å². The minimum atomic E-state index is 0. The Morgan fingerprint density at radius 2 is 1.84 bits per heavy atom. The van der Waals surface area contributed by atoms with Crippen LogP contribution in [0.4, 0.5) is 0 Å². The lowest BCUT2D eigenvalue weighted by molar-refractivity contribution is 0.0342. The molecule has 1 aromatic rings. The Hall–Kier alpha value is -0.860. The minimum Gasteiger partial charge on any atom is -0.379 e. The predicted molar refractivity (Wildman–Crippen MR) is 113 cm³/mol. The van der Waals surface area contributed by atoms with Crippen molar-refractivity contribution in [3.63, 3.8) is 0 Å². The number of hydrogen-bond acceptors (Lipinski definition) is 3. The molecule has 0 amide bonds. The van der Waals surface area contributed by atoms with Gasteiger partial charge in [-0.05, 0) is 29.9 Å². The van der Waals surface area contributed by atoms with Gasteiger partial charge in [-0.2, -0.15) is 0 Å². The maximum absolute atomic E-state index is 6.18. The van der Waals surface area contributed by atoms with Crippen LogP contribution in [-0.2, 0) is 17.8 Å². The highest BCUT2D eigenvalue weighted by Gasteiger charge is 2.17. The highest BCUT2D eigenvalue weighted by molar-refractivity contribution is 14.0. The molecule has 25 heavy (non-hydrogen) atoms. The van der Waals surface area contributed by atoms with E-state index in [4.69, 9.17) is 10.5 Å². The number of nitrogens with zero attached hydrogens (tertiary/aromatic N) is 3. The molecule has 0 radical (unpaired) electrons. The summed E-state index contributed by atoms with van der Waals surface area (Å²) in [5.41, 5.74) is 8.76. The number of ether oxygens (including phenoxy) is 1. The van der Waals surface area contributed by atoms with Crippen LogP contribution in [0.3, 0.4) is 0 Å². The normalized spacial score (nSPS) is 20.4. The first kappa shape index (κ1) is 20.5. The fraction of sp³-hybridized carbons (Fsp3) is 0.632. The molecule has 0 spiro atoms.